The van der Waals surface area contributed by atoms with E-state index < -0.39 is 0 Å². The quantitative estimate of drug-likeness (QED) is 0.609. The highest BCUT2D eigenvalue weighted by molar-refractivity contribution is 6.03. The molecule has 0 saturated heterocycles. The van der Waals surface area contributed by atoms with Crippen LogP contribution in [-0.4, -0.2) is 32.0 Å². The number of imidazole rings is 1. The van der Waals surface area contributed by atoms with Gasteiger partial charge in [-0.15, -0.1) is 0 Å². The summed E-state index contributed by atoms with van der Waals surface area (Å²) in [4.78, 5) is 32.7. The molecular weight excluding hydrogens is 334 g/mol. The summed E-state index contributed by atoms with van der Waals surface area (Å²) < 4.78 is 8.40. The molecule has 3 heterocycles. The van der Waals surface area contributed by atoms with Crippen molar-refractivity contribution in [3.05, 3.63) is 64.8 Å². The van der Waals surface area contributed by atoms with Crippen LogP contribution >= 0.6 is 0 Å². The molecule has 0 spiro atoms. The fraction of sp³-hybridized carbons (Fsp3) is 0.111. The summed E-state index contributed by atoms with van der Waals surface area (Å²) >= 11 is 0. The van der Waals surface area contributed by atoms with Crippen molar-refractivity contribution in [1.29, 1.82) is 0 Å². The molecule has 8 heteroatoms. The Balaban J connectivity index is 1.69. The number of anilines is 1. The highest BCUT2D eigenvalue weighted by atomic mass is 16.5. The van der Waals surface area contributed by atoms with Crippen molar-refractivity contribution in [2.45, 2.75) is 0 Å². The van der Waals surface area contributed by atoms with Crippen LogP contribution in [0, 0.1) is 0 Å². The van der Waals surface area contributed by atoms with Gasteiger partial charge in [0.05, 0.1) is 23.8 Å². The lowest BCUT2D eigenvalue weighted by Gasteiger charge is -2.06. The van der Waals surface area contributed by atoms with Crippen LogP contribution in [0.2, 0.25) is 0 Å². The second-order valence-corrected chi connectivity index (χ2v) is 5.77. The third kappa shape index (κ3) is 2.67. The number of carbonyl (C=O) groups is 1. The molecule has 0 unspecified atom stereocenters. The molecule has 1 N–H and O–H groups in total. The normalized spacial score (nSPS) is 11.0. The van der Waals surface area contributed by atoms with Crippen molar-refractivity contribution >= 4 is 28.4 Å². The number of fused-ring (bicyclic) bond motifs is 3. The summed E-state index contributed by atoms with van der Waals surface area (Å²) in [6.07, 6.45) is 3.30. The van der Waals surface area contributed by atoms with Crippen LogP contribution in [0.3, 0.4) is 0 Å². The van der Waals surface area contributed by atoms with Crippen molar-refractivity contribution in [3.8, 4) is 5.75 Å². The van der Waals surface area contributed by atoms with Gasteiger partial charge < -0.3 is 14.6 Å². The monoisotopic (exact) mass is 349 g/mol. The number of aromatic nitrogens is 4. The third-order valence-electron chi connectivity index (χ3n) is 4.06. The summed E-state index contributed by atoms with van der Waals surface area (Å²) in [7, 11) is 3.21. The Morgan fingerprint density at radius 2 is 2.00 bits per heavy atom. The molecule has 26 heavy (non-hydrogen) atoms. The predicted octanol–water partition coefficient (Wildman–Crippen LogP) is 1.84. The Hall–Kier alpha value is -3.68. The molecule has 1 amide bonds. The third-order valence-corrected chi connectivity index (χ3v) is 4.06. The van der Waals surface area contributed by atoms with E-state index >= 15 is 0 Å². The second-order valence-electron chi connectivity index (χ2n) is 5.77. The predicted molar refractivity (Wildman–Crippen MR) is 96.7 cm³/mol. The van der Waals surface area contributed by atoms with Gasteiger partial charge in [-0.05, 0) is 24.3 Å². The van der Waals surface area contributed by atoms with Crippen molar-refractivity contribution in [3.63, 3.8) is 0 Å². The molecule has 0 radical (unpaired) electrons. The van der Waals surface area contributed by atoms with E-state index in [0.29, 0.717) is 17.2 Å². The van der Waals surface area contributed by atoms with E-state index in [1.165, 1.54) is 10.6 Å². The second kappa shape index (κ2) is 5.99. The number of carbonyl (C=O) groups excluding carboxylic acids is 1. The molecule has 0 aliphatic heterocycles. The number of rotatable bonds is 3. The zero-order valence-electron chi connectivity index (χ0n) is 14.1. The first-order valence-corrected chi connectivity index (χ1v) is 7.86. The van der Waals surface area contributed by atoms with Crippen LogP contribution in [0.4, 0.5) is 5.69 Å². The largest absolute Gasteiger partial charge is 0.497 e. The number of nitrogens with one attached hydrogen (secondary N) is 1. The minimum atomic E-state index is -0.379. The smallest absolute Gasteiger partial charge is 0.274 e. The van der Waals surface area contributed by atoms with E-state index in [1.807, 2.05) is 18.2 Å². The van der Waals surface area contributed by atoms with Crippen LogP contribution in [0.25, 0.3) is 16.8 Å². The maximum absolute atomic E-state index is 12.5. The lowest BCUT2D eigenvalue weighted by molar-refractivity contribution is 0.102. The Morgan fingerprint density at radius 1 is 1.15 bits per heavy atom. The minimum absolute atomic E-state index is 0.151. The molecule has 0 fully saturated rings. The van der Waals surface area contributed by atoms with Crippen LogP contribution in [0.15, 0.2) is 53.6 Å². The van der Waals surface area contributed by atoms with Crippen LogP contribution in [0.5, 0.6) is 5.75 Å². The van der Waals surface area contributed by atoms with Crippen LogP contribution < -0.4 is 15.6 Å². The van der Waals surface area contributed by atoms with Crippen LogP contribution in [0.1, 0.15) is 10.5 Å². The van der Waals surface area contributed by atoms with Crippen molar-refractivity contribution < 1.29 is 9.53 Å². The van der Waals surface area contributed by atoms with Gasteiger partial charge in [-0.25, -0.2) is 9.97 Å². The average Bonchev–Trinajstić information content (AvgIpc) is 3.01. The van der Waals surface area contributed by atoms with E-state index in [9.17, 15) is 9.59 Å². The van der Waals surface area contributed by atoms with Gasteiger partial charge in [-0.2, -0.15) is 0 Å². The highest BCUT2D eigenvalue weighted by Crippen LogP contribution is 2.21. The molecule has 0 aliphatic rings. The number of aryl methyl sites for hydroxylation is 1. The number of amides is 1. The van der Waals surface area contributed by atoms with E-state index in [-0.39, 0.29) is 17.2 Å². The van der Waals surface area contributed by atoms with Crippen LogP contribution in [-0.2, 0) is 7.05 Å². The van der Waals surface area contributed by atoms with Crippen molar-refractivity contribution in [1.82, 2.24) is 18.9 Å². The van der Waals surface area contributed by atoms with E-state index in [0.717, 1.165) is 11.0 Å². The van der Waals surface area contributed by atoms with E-state index in [4.69, 9.17) is 4.74 Å². The number of benzene rings is 1. The molecule has 8 nitrogen and oxygen atoms in total. The Labute approximate surface area is 147 Å². The van der Waals surface area contributed by atoms with Crippen molar-refractivity contribution in [2.75, 3.05) is 12.4 Å². The summed E-state index contributed by atoms with van der Waals surface area (Å²) in [5, 5.41) is 2.72. The average molecular weight is 349 g/mol. The molecule has 0 atom stereocenters. The molecule has 1 aromatic carbocycles. The SMILES string of the molecule is COc1ccc2c(c1)nc1nc(C(=O)Nc3ccc(=O)n(C)c3)ccn12. The number of pyridine rings is 1. The van der Waals surface area contributed by atoms with Gasteiger partial charge in [0.15, 0.2) is 0 Å². The zero-order chi connectivity index (χ0) is 18.3. The molecule has 4 rings (SSSR count). The van der Waals surface area contributed by atoms with Gasteiger partial charge in [-0.3, -0.25) is 14.0 Å². The van der Waals surface area contributed by atoms with Crippen molar-refractivity contribution in [2.24, 2.45) is 7.05 Å². The maximum Gasteiger partial charge on any atom is 0.274 e. The van der Waals surface area contributed by atoms with Gasteiger partial charge in [0.25, 0.3) is 5.91 Å². The topological polar surface area (TPSA) is 90.5 Å². The standard InChI is InChI=1S/C18H15N5O3/c1-22-10-11(3-6-16(22)24)19-17(25)13-7-8-23-15-5-4-12(26-2)9-14(15)21-18(23)20-13/h3-10H,1-2H3,(H,19,25). The molecular formula is C18H15N5O3. The molecule has 0 aliphatic carbocycles. The Bertz CT molecular complexity index is 1210. The first-order valence-electron chi connectivity index (χ1n) is 7.86. The maximum atomic E-state index is 12.5. The fourth-order valence-corrected chi connectivity index (χ4v) is 2.70. The summed E-state index contributed by atoms with van der Waals surface area (Å²) in [5.41, 5.74) is 2.19. The summed E-state index contributed by atoms with van der Waals surface area (Å²) in [5.74, 6) is 0.741. The first kappa shape index (κ1) is 15.8. The minimum Gasteiger partial charge on any atom is -0.497 e. The van der Waals surface area contributed by atoms with Gasteiger partial charge in [0.1, 0.15) is 11.4 Å². The Kier molecular flexibility index (Phi) is 3.65. The molecule has 3 aromatic heterocycles. The molecule has 0 saturated carbocycles. The summed E-state index contributed by atoms with van der Waals surface area (Å²) in [6, 6.07) is 10.1. The molecule has 4 aromatic rings. The first-order chi connectivity index (χ1) is 12.5. The van der Waals surface area contributed by atoms with Gasteiger partial charge in [-0.1, -0.05) is 0 Å². The zero-order valence-corrected chi connectivity index (χ0v) is 14.1. The van der Waals surface area contributed by atoms with Gasteiger partial charge >= 0.3 is 0 Å². The number of hydrogen-bond donors (Lipinski definition) is 1. The lowest BCUT2D eigenvalue weighted by Crippen LogP contribution is -2.18. The summed E-state index contributed by atoms with van der Waals surface area (Å²) in [6.45, 7) is 0. The van der Waals surface area contributed by atoms with Gasteiger partial charge in [0, 0.05) is 31.6 Å². The Morgan fingerprint density at radius 3 is 2.77 bits per heavy atom. The highest BCUT2D eigenvalue weighted by Gasteiger charge is 2.12. The number of methoxy groups -OCH3 is 1. The number of nitrogens with zero attached hydrogens (tertiary/aromatic N) is 4. The fourth-order valence-electron chi connectivity index (χ4n) is 2.70. The number of ether oxygens (including phenoxy) is 1. The molecule has 130 valence electrons. The van der Waals surface area contributed by atoms with Gasteiger partial charge in [0.2, 0.25) is 11.3 Å². The van der Waals surface area contributed by atoms with E-state index in [1.54, 1.807) is 43.1 Å². The van der Waals surface area contributed by atoms with E-state index in [2.05, 4.69) is 15.3 Å². The number of hydrogen-bond acceptors (Lipinski definition) is 5. The molecule has 0 bridgehead atoms. The lowest BCUT2D eigenvalue weighted by atomic mass is 10.3.